The minimum atomic E-state index is -1.94. The molecule has 7 heteroatoms. The van der Waals surface area contributed by atoms with E-state index in [1.165, 1.54) is 0 Å². The molecule has 0 spiro atoms. The zero-order valence-corrected chi connectivity index (χ0v) is 20.2. The van der Waals surface area contributed by atoms with E-state index in [4.69, 9.17) is 4.43 Å². The molecule has 1 aromatic rings. The first kappa shape index (κ1) is 23.7. The summed E-state index contributed by atoms with van der Waals surface area (Å²) in [4.78, 5) is 23.7. The van der Waals surface area contributed by atoms with E-state index in [-0.39, 0.29) is 17.4 Å². The van der Waals surface area contributed by atoms with Gasteiger partial charge in [-0.3, -0.25) is 4.79 Å². The zero-order chi connectivity index (χ0) is 21.2. The van der Waals surface area contributed by atoms with Gasteiger partial charge in [-0.2, -0.15) is 0 Å². The van der Waals surface area contributed by atoms with Crippen molar-refractivity contribution in [1.82, 2.24) is 5.32 Å². The molecule has 0 radical (unpaired) electrons. The Balaban J connectivity index is 2.97. The van der Waals surface area contributed by atoms with Gasteiger partial charge in [-0.05, 0) is 56.1 Å². The van der Waals surface area contributed by atoms with Crippen LogP contribution in [0.5, 0.6) is 5.75 Å². The molecule has 1 aromatic carbocycles. The number of carboxylic acid groups (broad SMARTS) is 1. The summed E-state index contributed by atoms with van der Waals surface area (Å²) in [7, 11) is -1.94. The van der Waals surface area contributed by atoms with Crippen molar-refractivity contribution in [3.63, 3.8) is 0 Å². The van der Waals surface area contributed by atoms with Crippen LogP contribution in [0.1, 0.15) is 45.7 Å². The molecule has 1 atom stereocenters. The van der Waals surface area contributed by atoms with Crippen molar-refractivity contribution in [1.29, 1.82) is 0 Å². The molecular weight excluding hydrogens is 426 g/mol. The van der Waals surface area contributed by atoms with Crippen LogP contribution in [-0.4, -0.2) is 35.7 Å². The molecule has 27 heavy (non-hydrogen) atoms. The second-order valence-corrected chi connectivity index (χ2v) is 15.7. The monoisotopic (exact) mass is 457 g/mol. The number of benzene rings is 1. The Bertz CT molecular complexity index is 705. The third-order valence-corrected chi connectivity index (χ3v) is 9.70. The molecule has 0 aliphatic rings. The zero-order valence-electron chi connectivity index (χ0n) is 17.6. The minimum absolute atomic E-state index is 0.0965. The molecular formula is C20H32BrNO4Si. The van der Waals surface area contributed by atoms with E-state index in [1.807, 2.05) is 25.1 Å². The summed E-state index contributed by atoms with van der Waals surface area (Å²) in [6.07, 6.45) is 0.214. The molecule has 1 amide bonds. The standard InChI is InChI=1S/C20H32BrNO4Si/c1-13-11-14(9-10-16(13)26-27(7,8)19(2,3)4)12-15(17(23)24)22-18(25)20(5,6)21/h9-11,15H,12H2,1-8H3,(H,22,25)(H,23,24). The average Bonchev–Trinajstić information content (AvgIpc) is 2.46. The van der Waals surface area contributed by atoms with E-state index in [0.29, 0.717) is 0 Å². The number of carbonyl (C=O) groups is 2. The molecule has 5 nitrogen and oxygen atoms in total. The molecule has 2 N–H and O–H groups in total. The molecule has 0 heterocycles. The lowest BCUT2D eigenvalue weighted by molar-refractivity contribution is -0.142. The van der Waals surface area contributed by atoms with Gasteiger partial charge in [-0.25, -0.2) is 4.79 Å². The highest BCUT2D eigenvalue weighted by molar-refractivity contribution is 9.10. The third kappa shape index (κ3) is 6.64. The number of nitrogens with one attached hydrogen (secondary N) is 1. The molecule has 1 unspecified atom stereocenters. The number of rotatable bonds is 7. The van der Waals surface area contributed by atoms with Crippen molar-refractivity contribution in [2.45, 2.75) is 76.5 Å². The molecule has 1 rings (SSSR count). The van der Waals surface area contributed by atoms with Gasteiger partial charge in [0, 0.05) is 6.42 Å². The third-order valence-electron chi connectivity index (χ3n) is 4.99. The highest BCUT2D eigenvalue weighted by Crippen LogP contribution is 2.38. The van der Waals surface area contributed by atoms with Gasteiger partial charge in [0.1, 0.15) is 11.8 Å². The first-order valence-corrected chi connectivity index (χ1v) is 12.8. The van der Waals surface area contributed by atoms with Gasteiger partial charge in [0.05, 0.1) is 4.32 Å². The lowest BCUT2D eigenvalue weighted by Gasteiger charge is -2.37. The maximum absolute atomic E-state index is 12.1. The Hall–Kier alpha value is -1.34. The van der Waals surface area contributed by atoms with E-state index >= 15 is 0 Å². The SMILES string of the molecule is Cc1cc(CC(NC(=O)C(C)(C)Br)C(=O)O)ccc1O[Si](C)(C)C(C)(C)C. The van der Waals surface area contributed by atoms with Gasteiger partial charge in [0.15, 0.2) is 0 Å². The lowest BCUT2D eigenvalue weighted by atomic mass is 10.0. The Morgan fingerprint density at radius 1 is 1.22 bits per heavy atom. The fourth-order valence-electron chi connectivity index (χ4n) is 2.15. The Labute approximate surface area is 172 Å². The number of halogens is 1. The second kappa shape index (κ2) is 8.35. The van der Waals surface area contributed by atoms with Gasteiger partial charge < -0.3 is 14.8 Å². The number of hydrogen-bond acceptors (Lipinski definition) is 3. The van der Waals surface area contributed by atoms with Crippen LogP contribution in [0.25, 0.3) is 0 Å². The largest absolute Gasteiger partial charge is 0.543 e. The van der Waals surface area contributed by atoms with Crippen LogP contribution in [0.3, 0.4) is 0 Å². The van der Waals surface area contributed by atoms with Crippen molar-refractivity contribution in [3.8, 4) is 5.75 Å². The molecule has 0 bridgehead atoms. The summed E-state index contributed by atoms with van der Waals surface area (Å²) in [6.45, 7) is 16.3. The number of amides is 1. The molecule has 0 saturated heterocycles. The van der Waals surface area contributed by atoms with E-state index in [0.717, 1.165) is 16.9 Å². The number of carbonyl (C=O) groups excluding carboxylic acids is 1. The van der Waals surface area contributed by atoms with Crippen LogP contribution in [0, 0.1) is 6.92 Å². The van der Waals surface area contributed by atoms with Crippen LogP contribution in [0.15, 0.2) is 18.2 Å². The first-order valence-electron chi connectivity index (χ1n) is 9.06. The highest BCUT2D eigenvalue weighted by Gasteiger charge is 2.39. The summed E-state index contributed by atoms with van der Waals surface area (Å²) in [5.74, 6) is -0.577. The van der Waals surface area contributed by atoms with Crippen LogP contribution >= 0.6 is 15.9 Å². The summed E-state index contributed by atoms with van der Waals surface area (Å²) >= 11 is 3.25. The highest BCUT2D eigenvalue weighted by atomic mass is 79.9. The van der Waals surface area contributed by atoms with Crippen LogP contribution in [-0.2, 0) is 16.0 Å². The number of carboxylic acids is 1. The van der Waals surface area contributed by atoms with Crippen LogP contribution < -0.4 is 9.74 Å². The van der Waals surface area contributed by atoms with Crippen molar-refractivity contribution in [2.24, 2.45) is 0 Å². The number of alkyl halides is 1. The quantitative estimate of drug-likeness (QED) is 0.460. The van der Waals surface area contributed by atoms with Gasteiger partial charge in [-0.1, -0.05) is 48.8 Å². The smallest absolute Gasteiger partial charge is 0.326 e. The first-order chi connectivity index (χ1) is 12.0. The normalized spacial score (nSPS) is 13.8. The molecule has 0 saturated carbocycles. The molecule has 152 valence electrons. The summed E-state index contributed by atoms with van der Waals surface area (Å²) in [6, 6.07) is 4.72. The number of aliphatic carboxylic acids is 1. The predicted octanol–water partition coefficient (Wildman–Crippen LogP) is 4.66. The van der Waals surface area contributed by atoms with Crippen molar-refractivity contribution < 1.29 is 19.1 Å². The van der Waals surface area contributed by atoms with E-state index in [9.17, 15) is 14.7 Å². The van der Waals surface area contributed by atoms with Crippen LogP contribution in [0.4, 0.5) is 0 Å². The Morgan fingerprint density at radius 2 is 1.78 bits per heavy atom. The lowest BCUT2D eigenvalue weighted by Crippen LogP contribution is -2.48. The average molecular weight is 458 g/mol. The van der Waals surface area contributed by atoms with Gasteiger partial charge >= 0.3 is 5.97 Å². The molecule has 0 aliphatic carbocycles. The molecule has 0 aromatic heterocycles. The summed E-state index contributed by atoms with van der Waals surface area (Å²) in [5, 5.41) is 12.2. The van der Waals surface area contributed by atoms with Crippen molar-refractivity contribution >= 4 is 36.1 Å². The fourth-order valence-corrected chi connectivity index (χ4v) is 3.35. The van der Waals surface area contributed by atoms with Crippen LogP contribution in [0.2, 0.25) is 18.1 Å². The predicted molar refractivity (Wildman–Crippen MR) is 115 cm³/mol. The van der Waals surface area contributed by atoms with Gasteiger partial charge in [-0.15, -0.1) is 0 Å². The summed E-state index contributed by atoms with van der Waals surface area (Å²) in [5.41, 5.74) is 1.81. The van der Waals surface area contributed by atoms with E-state index in [1.54, 1.807) is 13.8 Å². The molecule has 0 fully saturated rings. The number of hydrogen-bond donors (Lipinski definition) is 2. The summed E-state index contributed by atoms with van der Waals surface area (Å²) < 4.78 is 5.54. The second-order valence-electron chi connectivity index (χ2n) is 9.00. The maximum atomic E-state index is 12.1. The van der Waals surface area contributed by atoms with Crippen molar-refractivity contribution in [2.75, 3.05) is 0 Å². The van der Waals surface area contributed by atoms with Crippen molar-refractivity contribution in [3.05, 3.63) is 29.3 Å². The minimum Gasteiger partial charge on any atom is -0.543 e. The fraction of sp³-hybridized carbons (Fsp3) is 0.600. The Kier molecular flexibility index (Phi) is 7.33. The number of aryl methyl sites for hydroxylation is 1. The topological polar surface area (TPSA) is 75.6 Å². The van der Waals surface area contributed by atoms with E-state index in [2.05, 4.69) is 55.1 Å². The van der Waals surface area contributed by atoms with E-state index < -0.39 is 24.7 Å². The maximum Gasteiger partial charge on any atom is 0.326 e. The van der Waals surface area contributed by atoms with Gasteiger partial charge in [0.25, 0.3) is 0 Å². The molecule has 0 aliphatic heterocycles. The Morgan fingerprint density at radius 3 is 2.19 bits per heavy atom. The van der Waals surface area contributed by atoms with Gasteiger partial charge in [0.2, 0.25) is 14.2 Å².